The van der Waals surface area contributed by atoms with Crippen molar-refractivity contribution in [2.24, 2.45) is 14.1 Å². The van der Waals surface area contributed by atoms with Gasteiger partial charge in [-0.25, -0.2) is 14.6 Å². The molecule has 0 aliphatic heterocycles. The Bertz CT molecular complexity index is 1420. The highest BCUT2D eigenvalue weighted by atomic mass is 32.2. The number of carbonyl (C=O) groups is 2. The molecule has 0 aliphatic rings. The maximum atomic E-state index is 12.9. The number of benzene rings is 1. The van der Waals surface area contributed by atoms with Crippen LogP contribution in [0.25, 0.3) is 11.2 Å². The number of aryl methyl sites for hydroxylation is 2. The normalized spacial score (nSPS) is 10.9. The Morgan fingerprint density at radius 1 is 1.06 bits per heavy atom. The lowest BCUT2D eigenvalue weighted by Crippen LogP contribution is -2.37. The second kappa shape index (κ2) is 11.3. The maximum Gasteiger partial charge on any atom is 0.340 e. The highest BCUT2D eigenvalue weighted by molar-refractivity contribution is 7.99. The molecule has 3 rings (SSSR count). The topological polar surface area (TPSA) is 136 Å². The summed E-state index contributed by atoms with van der Waals surface area (Å²) >= 11 is 1.12. The fraction of sp³-hybridized carbons (Fsp3) is 0.435. The van der Waals surface area contributed by atoms with Gasteiger partial charge in [0.05, 0.1) is 38.3 Å². The summed E-state index contributed by atoms with van der Waals surface area (Å²) in [6.45, 7) is 2.53. The molecule has 0 fully saturated rings. The zero-order chi connectivity index (χ0) is 26.6. The molecule has 1 amide bonds. The van der Waals surface area contributed by atoms with Gasteiger partial charge in [-0.05, 0) is 6.42 Å². The van der Waals surface area contributed by atoms with Crippen LogP contribution >= 0.6 is 11.8 Å². The van der Waals surface area contributed by atoms with E-state index in [9.17, 15) is 19.2 Å². The standard InChI is InChI=1S/C23H29N5O7S/c1-7-8-9-28-18-19(26(2)23(32)27(3)20(18)30)25-22(28)36-12-17(29)24-14-11-16(34-5)15(33-4)10-13(14)21(31)35-6/h10-11H,7-9,12H2,1-6H3,(H,24,29). The number of hydrogen-bond donors (Lipinski definition) is 1. The highest BCUT2D eigenvalue weighted by Crippen LogP contribution is 2.34. The number of anilines is 1. The van der Waals surface area contributed by atoms with Gasteiger partial charge in [-0.1, -0.05) is 25.1 Å². The van der Waals surface area contributed by atoms with Gasteiger partial charge in [0, 0.05) is 32.8 Å². The minimum Gasteiger partial charge on any atom is -0.493 e. The molecule has 194 valence electrons. The van der Waals surface area contributed by atoms with Gasteiger partial charge in [-0.2, -0.15) is 0 Å². The first-order chi connectivity index (χ1) is 17.2. The number of nitrogens with one attached hydrogen (secondary N) is 1. The number of hydrogen-bond acceptors (Lipinski definition) is 9. The zero-order valence-corrected chi connectivity index (χ0v) is 21.9. The number of carbonyl (C=O) groups excluding carboxylic acids is 2. The van der Waals surface area contributed by atoms with Crippen molar-refractivity contribution >= 4 is 40.5 Å². The van der Waals surface area contributed by atoms with Gasteiger partial charge in [-0.3, -0.25) is 18.7 Å². The Balaban J connectivity index is 1.93. The van der Waals surface area contributed by atoms with Crippen LogP contribution in [0.5, 0.6) is 11.5 Å². The Hall–Kier alpha value is -3.74. The van der Waals surface area contributed by atoms with Crippen LogP contribution in [-0.2, 0) is 30.2 Å². The number of aromatic nitrogens is 4. The number of amides is 1. The maximum absolute atomic E-state index is 12.9. The number of esters is 1. The number of imidazole rings is 1. The van der Waals surface area contributed by atoms with Gasteiger partial charge in [0.15, 0.2) is 27.8 Å². The van der Waals surface area contributed by atoms with Crippen LogP contribution in [0.15, 0.2) is 26.9 Å². The molecule has 0 saturated heterocycles. The zero-order valence-electron chi connectivity index (χ0n) is 21.0. The summed E-state index contributed by atoms with van der Waals surface area (Å²) in [5.41, 5.74) is -0.0615. The van der Waals surface area contributed by atoms with Crippen molar-refractivity contribution < 1.29 is 23.8 Å². The van der Waals surface area contributed by atoms with E-state index in [1.807, 2.05) is 6.92 Å². The summed E-state index contributed by atoms with van der Waals surface area (Å²) in [6.07, 6.45) is 1.66. The minimum absolute atomic E-state index is 0.0708. The third kappa shape index (κ3) is 5.10. The molecule has 0 unspecified atom stereocenters. The monoisotopic (exact) mass is 519 g/mol. The largest absolute Gasteiger partial charge is 0.493 e. The molecule has 36 heavy (non-hydrogen) atoms. The van der Waals surface area contributed by atoms with Gasteiger partial charge in [0.2, 0.25) is 5.91 Å². The molecule has 12 nitrogen and oxygen atoms in total. The van der Waals surface area contributed by atoms with Crippen LogP contribution in [0.4, 0.5) is 5.69 Å². The predicted octanol–water partition coefficient (Wildman–Crippen LogP) is 1.77. The molecule has 2 heterocycles. The number of thioether (sulfide) groups is 1. The van der Waals surface area contributed by atoms with Gasteiger partial charge in [0.25, 0.3) is 5.56 Å². The van der Waals surface area contributed by atoms with Gasteiger partial charge in [0.1, 0.15) is 0 Å². The molecule has 0 atom stereocenters. The molecule has 0 radical (unpaired) electrons. The van der Waals surface area contributed by atoms with E-state index in [4.69, 9.17) is 14.2 Å². The van der Waals surface area contributed by atoms with E-state index >= 15 is 0 Å². The van der Waals surface area contributed by atoms with Crippen LogP contribution in [0.2, 0.25) is 0 Å². The molecule has 0 saturated carbocycles. The minimum atomic E-state index is -0.656. The van der Waals surface area contributed by atoms with Crippen LogP contribution in [-0.4, -0.2) is 57.6 Å². The van der Waals surface area contributed by atoms with E-state index in [0.29, 0.717) is 28.7 Å². The molecule has 1 N–H and O–H groups in total. The number of unbranched alkanes of at least 4 members (excludes halogenated alkanes) is 1. The number of rotatable bonds is 10. The summed E-state index contributed by atoms with van der Waals surface area (Å²) in [4.78, 5) is 54.9. The summed E-state index contributed by atoms with van der Waals surface area (Å²) < 4.78 is 19.4. The van der Waals surface area contributed by atoms with E-state index in [1.54, 1.807) is 11.6 Å². The molecule has 2 aromatic heterocycles. The Kier molecular flexibility index (Phi) is 8.45. The average Bonchev–Trinajstić information content (AvgIpc) is 3.25. The fourth-order valence-electron chi connectivity index (χ4n) is 3.64. The van der Waals surface area contributed by atoms with Crippen molar-refractivity contribution in [3.8, 4) is 11.5 Å². The third-order valence-corrected chi connectivity index (χ3v) is 6.56. The van der Waals surface area contributed by atoms with Crippen molar-refractivity contribution in [2.45, 2.75) is 31.5 Å². The van der Waals surface area contributed by atoms with E-state index in [-0.39, 0.29) is 22.7 Å². The van der Waals surface area contributed by atoms with Crippen LogP contribution in [0.1, 0.15) is 30.1 Å². The summed E-state index contributed by atoms with van der Waals surface area (Å²) in [7, 11) is 7.08. The van der Waals surface area contributed by atoms with E-state index in [2.05, 4.69) is 10.3 Å². The second-order valence-corrected chi connectivity index (χ2v) is 8.80. The molecule has 0 aliphatic carbocycles. The van der Waals surface area contributed by atoms with Crippen molar-refractivity contribution in [2.75, 3.05) is 32.4 Å². The molecule has 1 aromatic carbocycles. The van der Waals surface area contributed by atoms with Gasteiger partial charge < -0.3 is 24.1 Å². The number of nitrogens with zero attached hydrogens (tertiary/aromatic N) is 4. The Morgan fingerprint density at radius 2 is 1.72 bits per heavy atom. The lowest BCUT2D eigenvalue weighted by Gasteiger charge is -2.14. The first kappa shape index (κ1) is 26.9. The van der Waals surface area contributed by atoms with Crippen LogP contribution in [0, 0.1) is 0 Å². The van der Waals surface area contributed by atoms with E-state index in [1.165, 1.54) is 45.1 Å². The molecule has 13 heteroatoms. The number of fused-ring (bicyclic) bond motifs is 1. The Morgan fingerprint density at radius 3 is 2.33 bits per heavy atom. The van der Waals surface area contributed by atoms with Crippen molar-refractivity contribution in [1.82, 2.24) is 18.7 Å². The lowest BCUT2D eigenvalue weighted by atomic mass is 10.1. The van der Waals surface area contributed by atoms with Gasteiger partial charge >= 0.3 is 11.7 Å². The smallest absolute Gasteiger partial charge is 0.340 e. The molecule has 0 spiro atoms. The summed E-state index contributed by atoms with van der Waals surface area (Å²) in [6, 6.07) is 2.90. The quantitative estimate of drug-likeness (QED) is 0.314. The molecule has 0 bridgehead atoms. The Labute approximate surface area is 211 Å². The molecule has 3 aromatic rings. The van der Waals surface area contributed by atoms with E-state index < -0.39 is 23.1 Å². The molecular formula is C23H29N5O7S. The predicted molar refractivity (Wildman–Crippen MR) is 135 cm³/mol. The van der Waals surface area contributed by atoms with E-state index in [0.717, 1.165) is 29.2 Å². The SMILES string of the molecule is CCCCn1c(SCC(=O)Nc2cc(OC)c(OC)cc2C(=O)OC)nc2c1c(=O)n(C)c(=O)n2C. The van der Waals surface area contributed by atoms with Crippen LogP contribution in [0.3, 0.4) is 0 Å². The van der Waals surface area contributed by atoms with Crippen molar-refractivity contribution in [1.29, 1.82) is 0 Å². The first-order valence-electron chi connectivity index (χ1n) is 11.1. The summed E-state index contributed by atoms with van der Waals surface area (Å²) in [5, 5.41) is 3.14. The lowest BCUT2D eigenvalue weighted by molar-refractivity contribution is -0.113. The first-order valence-corrected chi connectivity index (χ1v) is 12.1. The highest BCUT2D eigenvalue weighted by Gasteiger charge is 2.22. The summed E-state index contributed by atoms with van der Waals surface area (Å²) in [5.74, 6) is -0.516. The van der Waals surface area contributed by atoms with Crippen LogP contribution < -0.4 is 26.0 Å². The van der Waals surface area contributed by atoms with Gasteiger partial charge in [-0.15, -0.1) is 0 Å². The number of methoxy groups -OCH3 is 3. The van der Waals surface area contributed by atoms with Crippen molar-refractivity contribution in [3.05, 3.63) is 38.5 Å². The third-order valence-electron chi connectivity index (χ3n) is 5.58. The number of ether oxygens (including phenoxy) is 3. The van der Waals surface area contributed by atoms with Crippen molar-refractivity contribution in [3.63, 3.8) is 0 Å². The average molecular weight is 520 g/mol. The second-order valence-electron chi connectivity index (χ2n) is 7.86. The molecular weight excluding hydrogens is 490 g/mol. The fourth-order valence-corrected chi connectivity index (χ4v) is 4.46.